The van der Waals surface area contributed by atoms with E-state index >= 15 is 0 Å². The maximum atomic E-state index is 12.6. The largest absolute Gasteiger partial charge is 0.496 e. The molecule has 2 aromatic carbocycles. The van der Waals surface area contributed by atoms with Crippen LogP contribution in [0.4, 0.5) is 5.69 Å². The van der Waals surface area contributed by atoms with Crippen molar-refractivity contribution in [2.75, 3.05) is 21.3 Å². The lowest BCUT2D eigenvalue weighted by molar-refractivity contribution is -0.121. The molecule has 2 aromatic rings. The Morgan fingerprint density at radius 1 is 1.18 bits per heavy atom. The third-order valence-electron chi connectivity index (χ3n) is 4.00. The Morgan fingerprint density at radius 3 is 2.54 bits per heavy atom. The minimum atomic E-state index is -0.407. The highest BCUT2D eigenvalue weighted by Crippen LogP contribution is 2.35. The van der Waals surface area contributed by atoms with E-state index in [1.165, 1.54) is 23.8 Å². The fourth-order valence-corrected chi connectivity index (χ4v) is 3.87. The second-order valence-corrected chi connectivity index (χ2v) is 7.72. The Morgan fingerprint density at radius 2 is 1.89 bits per heavy atom. The molecule has 8 heteroatoms. The van der Waals surface area contributed by atoms with E-state index in [1.807, 2.05) is 18.2 Å². The van der Waals surface area contributed by atoms with Gasteiger partial charge in [-0.3, -0.25) is 9.69 Å². The molecule has 1 amide bonds. The minimum Gasteiger partial charge on any atom is -0.496 e. The Kier molecular flexibility index (Phi) is 6.21. The maximum Gasteiger partial charge on any atom is 0.337 e. The lowest BCUT2D eigenvalue weighted by atomic mass is 10.2. The first-order valence-electron chi connectivity index (χ1n) is 8.21. The number of aliphatic imine (C=N–C) groups is 1. The van der Waals surface area contributed by atoms with Crippen LogP contribution in [-0.2, 0) is 9.53 Å². The lowest BCUT2D eigenvalue weighted by Crippen LogP contribution is -2.23. The van der Waals surface area contributed by atoms with Crippen molar-refractivity contribution in [2.24, 2.45) is 4.99 Å². The average Bonchev–Trinajstić information content (AvgIpc) is 2.96. The summed E-state index contributed by atoms with van der Waals surface area (Å²) < 4.78 is 10.9. The number of halogens is 1. The van der Waals surface area contributed by atoms with Crippen molar-refractivity contribution in [3.8, 4) is 5.75 Å². The van der Waals surface area contributed by atoms with Crippen LogP contribution in [0.15, 0.2) is 56.8 Å². The van der Waals surface area contributed by atoms with E-state index in [0.29, 0.717) is 27.1 Å². The Hall–Kier alpha value is -2.58. The fourth-order valence-electron chi connectivity index (χ4n) is 2.51. The summed E-state index contributed by atoms with van der Waals surface area (Å²) in [4.78, 5) is 30.7. The molecule has 0 radical (unpaired) electrons. The van der Waals surface area contributed by atoms with Crippen molar-refractivity contribution in [1.82, 2.24) is 4.90 Å². The number of esters is 1. The molecule has 0 aliphatic carbocycles. The number of amides is 1. The molecule has 3 rings (SSSR count). The van der Waals surface area contributed by atoms with Crippen LogP contribution in [0.5, 0.6) is 5.75 Å². The number of hydrogen-bond acceptors (Lipinski definition) is 6. The number of thioether (sulfide) groups is 1. The van der Waals surface area contributed by atoms with Crippen molar-refractivity contribution in [3.05, 3.63) is 63.0 Å². The molecule has 1 heterocycles. The minimum absolute atomic E-state index is 0.142. The van der Waals surface area contributed by atoms with Crippen molar-refractivity contribution in [1.29, 1.82) is 0 Å². The van der Waals surface area contributed by atoms with Crippen LogP contribution in [0.1, 0.15) is 15.9 Å². The number of nitrogens with zero attached hydrogens (tertiary/aromatic N) is 2. The Labute approximate surface area is 175 Å². The summed E-state index contributed by atoms with van der Waals surface area (Å²) in [6.45, 7) is 0. The first kappa shape index (κ1) is 20.2. The number of ether oxygens (including phenoxy) is 2. The molecular weight excluding hydrogens is 444 g/mol. The zero-order valence-corrected chi connectivity index (χ0v) is 17.8. The summed E-state index contributed by atoms with van der Waals surface area (Å²) in [5.74, 6) is 0.127. The van der Waals surface area contributed by atoms with Crippen LogP contribution < -0.4 is 4.74 Å². The SMILES string of the molecule is COC(=O)c1ccc(N=C2S/C(=C/c3cc(Br)ccc3OC)C(=O)N2C)cc1. The van der Waals surface area contributed by atoms with Gasteiger partial charge in [0, 0.05) is 17.1 Å². The van der Waals surface area contributed by atoms with Crippen molar-refractivity contribution in [2.45, 2.75) is 0 Å². The zero-order valence-electron chi connectivity index (χ0n) is 15.4. The molecule has 0 saturated carbocycles. The van der Waals surface area contributed by atoms with Gasteiger partial charge in [-0.2, -0.15) is 0 Å². The number of likely N-dealkylation sites (N-methyl/N-ethyl adjacent to an activating group) is 1. The van der Waals surface area contributed by atoms with Gasteiger partial charge in [-0.15, -0.1) is 0 Å². The second kappa shape index (κ2) is 8.62. The fraction of sp³-hybridized carbons (Fsp3) is 0.150. The lowest BCUT2D eigenvalue weighted by Gasteiger charge is -2.07. The molecule has 1 fully saturated rings. The van der Waals surface area contributed by atoms with E-state index in [0.717, 1.165) is 10.0 Å². The Balaban J connectivity index is 1.88. The third-order valence-corrected chi connectivity index (χ3v) is 5.55. The highest BCUT2D eigenvalue weighted by molar-refractivity contribution is 9.10. The molecule has 0 atom stereocenters. The molecule has 6 nitrogen and oxygen atoms in total. The van der Waals surface area contributed by atoms with Gasteiger partial charge < -0.3 is 9.47 Å². The van der Waals surface area contributed by atoms with Gasteiger partial charge in [0.05, 0.1) is 30.4 Å². The van der Waals surface area contributed by atoms with Gasteiger partial charge >= 0.3 is 5.97 Å². The van der Waals surface area contributed by atoms with Crippen LogP contribution in [0.3, 0.4) is 0 Å². The molecule has 0 bridgehead atoms. The summed E-state index contributed by atoms with van der Waals surface area (Å²) in [6.07, 6.45) is 1.79. The molecular formula is C20H17BrN2O4S. The van der Waals surface area contributed by atoms with Gasteiger partial charge in [-0.25, -0.2) is 9.79 Å². The van der Waals surface area contributed by atoms with Crippen molar-refractivity contribution in [3.63, 3.8) is 0 Å². The molecule has 0 aromatic heterocycles. The zero-order chi connectivity index (χ0) is 20.3. The van der Waals surface area contributed by atoms with Crippen LogP contribution in [-0.4, -0.2) is 43.2 Å². The summed E-state index contributed by atoms with van der Waals surface area (Å²) in [5.41, 5.74) is 1.87. The molecule has 0 spiro atoms. The first-order chi connectivity index (χ1) is 13.4. The second-order valence-electron chi connectivity index (χ2n) is 5.79. The monoisotopic (exact) mass is 460 g/mol. The molecule has 1 aliphatic heterocycles. The summed E-state index contributed by atoms with van der Waals surface area (Å²) in [7, 11) is 4.60. The highest BCUT2D eigenvalue weighted by atomic mass is 79.9. The molecule has 28 heavy (non-hydrogen) atoms. The summed E-state index contributed by atoms with van der Waals surface area (Å²) in [5, 5.41) is 0.552. The number of carbonyl (C=O) groups excluding carboxylic acids is 2. The predicted octanol–water partition coefficient (Wildman–Crippen LogP) is 4.48. The van der Waals surface area contributed by atoms with Gasteiger partial charge in [0.2, 0.25) is 0 Å². The van der Waals surface area contributed by atoms with Crippen LogP contribution in [0, 0.1) is 0 Å². The number of benzene rings is 2. The predicted molar refractivity (Wildman–Crippen MR) is 114 cm³/mol. The van der Waals surface area contributed by atoms with Gasteiger partial charge in [0.25, 0.3) is 5.91 Å². The van der Waals surface area contributed by atoms with Gasteiger partial charge in [0.1, 0.15) is 5.75 Å². The number of amidine groups is 1. The quantitative estimate of drug-likeness (QED) is 0.496. The number of carbonyl (C=O) groups is 2. The van der Waals surface area contributed by atoms with E-state index in [1.54, 1.807) is 44.5 Å². The van der Waals surface area contributed by atoms with Gasteiger partial charge in [-0.05, 0) is 60.3 Å². The molecule has 1 aliphatic rings. The number of methoxy groups -OCH3 is 2. The Bertz CT molecular complexity index is 986. The van der Waals surface area contributed by atoms with Gasteiger partial charge in [-0.1, -0.05) is 15.9 Å². The topological polar surface area (TPSA) is 68.2 Å². The highest BCUT2D eigenvalue weighted by Gasteiger charge is 2.30. The smallest absolute Gasteiger partial charge is 0.337 e. The molecule has 0 unspecified atom stereocenters. The molecule has 0 N–H and O–H groups in total. The van der Waals surface area contributed by atoms with E-state index in [4.69, 9.17) is 4.74 Å². The van der Waals surface area contributed by atoms with E-state index < -0.39 is 5.97 Å². The summed E-state index contributed by atoms with van der Waals surface area (Å²) >= 11 is 4.72. The first-order valence-corrected chi connectivity index (χ1v) is 9.82. The van der Waals surface area contributed by atoms with Crippen LogP contribution in [0.2, 0.25) is 0 Å². The summed E-state index contributed by atoms with van der Waals surface area (Å²) in [6, 6.07) is 12.3. The normalized spacial score (nSPS) is 16.7. The maximum absolute atomic E-state index is 12.6. The van der Waals surface area contributed by atoms with Crippen molar-refractivity contribution >= 4 is 56.5 Å². The van der Waals surface area contributed by atoms with Gasteiger partial charge in [0.15, 0.2) is 5.17 Å². The van der Waals surface area contributed by atoms with E-state index in [-0.39, 0.29) is 5.91 Å². The van der Waals surface area contributed by atoms with E-state index in [2.05, 4.69) is 25.7 Å². The molecule has 144 valence electrons. The number of rotatable bonds is 4. The van der Waals surface area contributed by atoms with Crippen LogP contribution >= 0.6 is 27.7 Å². The van der Waals surface area contributed by atoms with Crippen molar-refractivity contribution < 1.29 is 19.1 Å². The standard InChI is InChI=1S/C20H17BrN2O4S/c1-23-18(24)17(11-13-10-14(21)6-9-16(13)26-2)28-20(23)22-15-7-4-12(5-8-15)19(25)27-3/h4-11H,1-3H3/b17-11+,22-20?. The molecule has 1 saturated heterocycles. The van der Waals surface area contributed by atoms with E-state index in [9.17, 15) is 9.59 Å². The average molecular weight is 461 g/mol. The number of hydrogen-bond donors (Lipinski definition) is 0. The third kappa shape index (κ3) is 4.28. The van der Waals surface area contributed by atoms with Crippen LogP contribution in [0.25, 0.3) is 6.08 Å².